The minimum atomic E-state index is -3.74. The summed E-state index contributed by atoms with van der Waals surface area (Å²) >= 11 is 5.83. The largest absolute Gasteiger partial charge is 0.478 e. The molecule has 6 nitrogen and oxygen atoms in total. The van der Waals surface area contributed by atoms with E-state index >= 15 is 0 Å². The Balaban J connectivity index is 1.82. The van der Waals surface area contributed by atoms with Crippen molar-refractivity contribution < 1.29 is 18.3 Å². The number of carboxylic acid groups (broad SMARTS) is 1. The lowest BCUT2D eigenvalue weighted by Crippen LogP contribution is -2.31. The van der Waals surface area contributed by atoms with E-state index in [1.165, 1.54) is 36.4 Å². The summed E-state index contributed by atoms with van der Waals surface area (Å²) in [5.74, 6) is -1.03. The van der Waals surface area contributed by atoms with E-state index in [9.17, 15) is 18.3 Å². The lowest BCUT2D eigenvalue weighted by Gasteiger charge is -2.21. The molecule has 0 unspecified atom stereocenters. The molecule has 0 aromatic heterocycles. The molecule has 0 spiro atoms. The van der Waals surface area contributed by atoms with E-state index in [1.807, 2.05) is 30.3 Å². The number of carboxylic acids is 1. The van der Waals surface area contributed by atoms with Gasteiger partial charge in [0, 0.05) is 17.3 Å². The highest BCUT2D eigenvalue weighted by atomic mass is 35.5. The van der Waals surface area contributed by atoms with E-state index in [-0.39, 0.29) is 17.0 Å². The predicted octanol–water partition coefficient (Wildman–Crippen LogP) is 4.17. The van der Waals surface area contributed by atoms with E-state index in [4.69, 9.17) is 11.6 Å². The molecule has 0 aliphatic carbocycles. The number of hydrogen-bond acceptors (Lipinski definition) is 4. The van der Waals surface area contributed by atoms with Crippen LogP contribution in [0.25, 0.3) is 0 Å². The molecule has 3 aromatic rings. The van der Waals surface area contributed by atoms with Crippen LogP contribution in [0.1, 0.15) is 22.0 Å². The molecule has 0 heterocycles. The van der Waals surface area contributed by atoms with Gasteiger partial charge in [0.05, 0.1) is 16.5 Å². The fraction of sp³-hybridized carbons (Fsp3) is 0.0952. The Bertz CT molecular complexity index is 1090. The Hall–Kier alpha value is -2.87. The molecule has 0 saturated carbocycles. The van der Waals surface area contributed by atoms with Crippen LogP contribution in [0, 0.1) is 0 Å². The van der Waals surface area contributed by atoms with Crippen LogP contribution < -0.4 is 10.0 Å². The molecule has 0 saturated heterocycles. The van der Waals surface area contributed by atoms with Crippen LogP contribution in [0.4, 0.5) is 5.69 Å². The second-order valence-electron chi connectivity index (χ2n) is 6.30. The van der Waals surface area contributed by atoms with Gasteiger partial charge in [-0.25, -0.2) is 17.9 Å². The molecule has 0 radical (unpaired) electrons. The number of benzene rings is 3. The normalized spacial score (nSPS) is 12.3. The van der Waals surface area contributed by atoms with Crippen molar-refractivity contribution >= 4 is 33.3 Å². The van der Waals surface area contributed by atoms with Crippen molar-refractivity contribution in [3.05, 3.63) is 95.0 Å². The molecule has 1 atom stereocenters. The summed E-state index contributed by atoms with van der Waals surface area (Å²) in [6.07, 6.45) is 0. The van der Waals surface area contributed by atoms with Crippen LogP contribution in [-0.4, -0.2) is 26.0 Å². The van der Waals surface area contributed by atoms with Gasteiger partial charge in [0.25, 0.3) is 0 Å². The van der Waals surface area contributed by atoms with E-state index in [0.29, 0.717) is 10.7 Å². The summed E-state index contributed by atoms with van der Waals surface area (Å²) in [6.45, 7) is 0.0618. The molecule has 3 N–H and O–H groups in total. The number of hydrogen-bond donors (Lipinski definition) is 3. The number of halogens is 1. The number of nitrogens with one attached hydrogen (secondary N) is 2. The number of aromatic carboxylic acids is 1. The van der Waals surface area contributed by atoms with Crippen LogP contribution in [0.5, 0.6) is 0 Å². The van der Waals surface area contributed by atoms with Gasteiger partial charge in [-0.2, -0.15) is 0 Å². The molecule has 29 heavy (non-hydrogen) atoms. The second-order valence-corrected chi connectivity index (χ2v) is 8.50. The van der Waals surface area contributed by atoms with E-state index in [2.05, 4.69) is 10.0 Å². The van der Waals surface area contributed by atoms with Crippen LogP contribution in [0.15, 0.2) is 83.8 Å². The van der Waals surface area contributed by atoms with Crippen molar-refractivity contribution in [2.75, 3.05) is 11.9 Å². The molecule has 0 aliphatic rings. The topological polar surface area (TPSA) is 95.5 Å². The summed E-state index contributed by atoms with van der Waals surface area (Å²) < 4.78 is 27.8. The highest BCUT2D eigenvalue weighted by Gasteiger charge is 2.18. The van der Waals surface area contributed by atoms with Crippen molar-refractivity contribution in [3.8, 4) is 0 Å². The van der Waals surface area contributed by atoms with Gasteiger partial charge in [-0.3, -0.25) is 0 Å². The van der Waals surface area contributed by atoms with Crippen molar-refractivity contribution in [2.45, 2.75) is 10.9 Å². The van der Waals surface area contributed by atoms with Crippen molar-refractivity contribution in [1.82, 2.24) is 4.72 Å². The Morgan fingerprint density at radius 3 is 2.31 bits per heavy atom. The first-order valence-electron chi connectivity index (χ1n) is 8.75. The average Bonchev–Trinajstić information content (AvgIpc) is 2.72. The summed E-state index contributed by atoms with van der Waals surface area (Å²) in [6, 6.07) is 21.2. The molecule has 0 bridgehead atoms. The van der Waals surface area contributed by atoms with Crippen LogP contribution in [0.3, 0.4) is 0 Å². The number of anilines is 1. The lowest BCUT2D eigenvalue weighted by atomic mass is 10.1. The molecule has 150 valence electrons. The van der Waals surface area contributed by atoms with Crippen LogP contribution in [-0.2, 0) is 10.0 Å². The summed E-state index contributed by atoms with van der Waals surface area (Å²) in [7, 11) is -3.74. The van der Waals surface area contributed by atoms with Crippen LogP contribution >= 0.6 is 11.6 Å². The Morgan fingerprint density at radius 1 is 0.966 bits per heavy atom. The van der Waals surface area contributed by atoms with E-state index in [0.717, 1.165) is 5.56 Å². The fourth-order valence-corrected chi connectivity index (χ4v) is 3.94. The number of sulfonamides is 1. The van der Waals surface area contributed by atoms with E-state index in [1.54, 1.807) is 12.1 Å². The maximum absolute atomic E-state index is 12.6. The zero-order valence-electron chi connectivity index (χ0n) is 15.2. The van der Waals surface area contributed by atoms with Gasteiger partial charge in [-0.15, -0.1) is 0 Å². The first-order valence-corrected chi connectivity index (χ1v) is 10.6. The highest BCUT2D eigenvalue weighted by Crippen LogP contribution is 2.21. The third-order valence-electron chi connectivity index (χ3n) is 4.25. The van der Waals surface area contributed by atoms with Crippen molar-refractivity contribution in [3.63, 3.8) is 0 Å². The molecule has 0 aliphatic heterocycles. The summed E-state index contributed by atoms with van der Waals surface area (Å²) in [5, 5.41) is 12.8. The molecular weight excluding hydrogens is 412 g/mol. The maximum atomic E-state index is 12.6. The first kappa shape index (κ1) is 20.9. The first-order chi connectivity index (χ1) is 13.8. The molecular formula is C21H19ClN2O4S. The Morgan fingerprint density at radius 2 is 1.66 bits per heavy atom. The standard InChI is InChI=1S/C21H19ClN2O4S/c22-17-9-11-19(12-10-17)29(27,28)23-14-20(15-5-2-1-3-6-15)24-18-8-4-7-16(13-18)21(25)26/h1-13,20,23-24H,14H2,(H,25,26)/t20-/m0/s1. The monoisotopic (exact) mass is 430 g/mol. The lowest BCUT2D eigenvalue weighted by molar-refractivity contribution is 0.0697. The zero-order chi connectivity index (χ0) is 20.9. The molecule has 3 rings (SSSR count). The second kappa shape index (κ2) is 9.09. The van der Waals surface area contributed by atoms with Crippen molar-refractivity contribution in [2.24, 2.45) is 0 Å². The molecule has 8 heteroatoms. The minimum Gasteiger partial charge on any atom is -0.478 e. The molecule has 0 amide bonds. The van der Waals surface area contributed by atoms with Crippen molar-refractivity contribution in [1.29, 1.82) is 0 Å². The number of rotatable bonds is 8. The predicted molar refractivity (Wildman–Crippen MR) is 113 cm³/mol. The average molecular weight is 431 g/mol. The summed E-state index contributed by atoms with van der Waals surface area (Å²) in [5.41, 5.74) is 1.57. The Kier molecular flexibility index (Phi) is 6.53. The highest BCUT2D eigenvalue weighted by molar-refractivity contribution is 7.89. The van der Waals surface area contributed by atoms with Gasteiger partial charge in [-0.05, 0) is 48.0 Å². The fourth-order valence-electron chi connectivity index (χ4n) is 2.77. The smallest absolute Gasteiger partial charge is 0.335 e. The third-order valence-corrected chi connectivity index (χ3v) is 5.95. The van der Waals surface area contributed by atoms with Gasteiger partial charge in [0.2, 0.25) is 10.0 Å². The molecule has 3 aromatic carbocycles. The zero-order valence-corrected chi connectivity index (χ0v) is 16.8. The molecule has 0 fully saturated rings. The third kappa shape index (κ3) is 5.57. The Labute approximate surface area is 174 Å². The van der Waals surface area contributed by atoms with E-state index < -0.39 is 22.0 Å². The van der Waals surface area contributed by atoms with Gasteiger partial charge >= 0.3 is 5.97 Å². The van der Waals surface area contributed by atoms with Gasteiger partial charge in [0.1, 0.15) is 0 Å². The number of carbonyl (C=O) groups is 1. The summed E-state index contributed by atoms with van der Waals surface area (Å²) in [4.78, 5) is 11.3. The quantitative estimate of drug-likeness (QED) is 0.498. The minimum absolute atomic E-state index is 0.0618. The van der Waals surface area contributed by atoms with Crippen LogP contribution in [0.2, 0.25) is 5.02 Å². The van der Waals surface area contributed by atoms with Gasteiger partial charge in [0.15, 0.2) is 0 Å². The van der Waals surface area contributed by atoms with Gasteiger partial charge in [-0.1, -0.05) is 48.0 Å². The van der Waals surface area contributed by atoms with Gasteiger partial charge < -0.3 is 10.4 Å². The SMILES string of the molecule is O=C(O)c1cccc(N[C@@H](CNS(=O)(=O)c2ccc(Cl)cc2)c2ccccc2)c1. The maximum Gasteiger partial charge on any atom is 0.335 e.